The Morgan fingerprint density at radius 2 is 1.52 bits per heavy atom. The normalized spacial score (nSPS) is 24.6. The average molecular weight is 392 g/mol. The molecule has 1 amide bonds. The molecule has 6 nitrogen and oxygen atoms in total. The minimum atomic E-state index is -3.30. The molecule has 3 heterocycles. The second-order valence-corrected chi connectivity index (χ2v) is 10.2. The molecule has 148 valence electrons. The molecular formula is C20H29N3O3S. The highest BCUT2D eigenvalue weighted by molar-refractivity contribution is 7.86. The first kappa shape index (κ1) is 18.9. The summed E-state index contributed by atoms with van der Waals surface area (Å²) in [6.45, 7) is 3.86. The summed E-state index contributed by atoms with van der Waals surface area (Å²) in [6, 6.07) is 10.1. The molecule has 27 heavy (non-hydrogen) atoms. The van der Waals surface area contributed by atoms with Gasteiger partial charge in [-0.3, -0.25) is 4.79 Å². The number of carbonyl (C=O) groups excluding carboxylic acids is 1. The van der Waals surface area contributed by atoms with Crippen molar-refractivity contribution in [3.8, 4) is 0 Å². The molecule has 3 saturated heterocycles. The second-order valence-electron chi connectivity index (χ2n) is 8.25. The van der Waals surface area contributed by atoms with E-state index in [0.717, 1.165) is 44.2 Å². The van der Waals surface area contributed by atoms with E-state index in [1.165, 1.54) is 0 Å². The molecule has 3 aliphatic rings. The lowest BCUT2D eigenvalue weighted by Gasteiger charge is -2.47. The molecule has 3 fully saturated rings. The summed E-state index contributed by atoms with van der Waals surface area (Å²) in [6.07, 6.45) is 5.08. The molecule has 0 bridgehead atoms. The largest absolute Gasteiger partial charge is 0.338 e. The Morgan fingerprint density at radius 3 is 2.19 bits per heavy atom. The zero-order chi connectivity index (χ0) is 18.9. The van der Waals surface area contributed by atoms with Crippen LogP contribution in [0.2, 0.25) is 0 Å². The summed E-state index contributed by atoms with van der Waals surface area (Å²) in [5.74, 6) is 0.219. The Labute approximate surface area is 162 Å². The zero-order valence-electron chi connectivity index (χ0n) is 15.8. The molecule has 0 aliphatic carbocycles. The highest BCUT2D eigenvalue weighted by Gasteiger charge is 2.44. The summed E-state index contributed by atoms with van der Waals surface area (Å²) in [5, 5.41) is 0. The van der Waals surface area contributed by atoms with Crippen LogP contribution in [0.4, 0.5) is 0 Å². The van der Waals surface area contributed by atoms with Crippen LogP contribution in [0.5, 0.6) is 0 Å². The number of likely N-dealkylation sites (tertiary alicyclic amines) is 1. The van der Waals surface area contributed by atoms with Crippen molar-refractivity contribution in [2.75, 3.05) is 32.7 Å². The molecule has 0 unspecified atom stereocenters. The molecule has 4 rings (SSSR count). The van der Waals surface area contributed by atoms with Crippen LogP contribution in [0.25, 0.3) is 0 Å². The van der Waals surface area contributed by atoms with E-state index < -0.39 is 10.2 Å². The van der Waals surface area contributed by atoms with Crippen molar-refractivity contribution in [2.45, 2.75) is 45.1 Å². The van der Waals surface area contributed by atoms with Gasteiger partial charge in [-0.1, -0.05) is 30.3 Å². The van der Waals surface area contributed by atoms with E-state index in [1.54, 1.807) is 8.61 Å². The number of piperidine rings is 2. The third-order valence-electron chi connectivity index (χ3n) is 6.47. The lowest BCUT2D eigenvalue weighted by molar-refractivity contribution is -0.139. The second kappa shape index (κ2) is 7.53. The van der Waals surface area contributed by atoms with Crippen molar-refractivity contribution in [1.29, 1.82) is 0 Å². The van der Waals surface area contributed by atoms with Gasteiger partial charge in [0.2, 0.25) is 5.91 Å². The number of amides is 1. The predicted molar refractivity (Wildman–Crippen MR) is 104 cm³/mol. The summed E-state index contributed by atoms with van der Waals surface area (Å²) in [7, 11) is -3.30. The maximum Gasteiger partial charge on any atom is 0.281 e. The molecule has 1 spiro atoms. The van der Waals surface area contributed by atoms with Crippen molar-refractivity contribution in [2.24, 2.45) is 5.41 Å². The lowest BCUT2D eigenvalue weighted by atomic mass is 9.72. The van der Waals surface area contributed by atoms with Crippen LogP contribution in [0, 0.1) is 5.41 Å². The van der Waals surface area contributed by atoms with Crippen molar-refractivity contribution >= 4 is 16.1 Å². The maximum atomic E-state index is 12.8. The Bertz CT molecular complexity index is 767. The van der Waals surface area contributed by atoms with Crippen LogP contribution in [0.15, 0.2) is 30.3 Å². The number of carbonyl (C=O) groups is 1. The number of rotatable bonds is 4. The standard InChI is InChI=1S/C20H29N3O3S/c24-19-8-9-20(17-21(19)16-18-6-2-1-3-7-18)10-14-23(15-11-20)27(25,26)22-12-4-5-13-22/h1-3,6-7H,4-5,8-17H2. The smallest absolute Gasteiger partial charge is 0.281 e. The van der Waals surface area contributed by atoms with Gasteiger partial charge in [-0.05, 0) is 43.1 Å². The van der Waals surface area contributed by atoms with E-state index >= 15 is 0 Å². The van der Waals surface area contributed by atoms with Crippen molar-refractivity contribution in [3.63, 3.8) is 0 Å². The van der Waals surface area contributed by atoms with Crippen LogP contribution in [0.3, 0.4) is 0 Å². The van der Waals surface area contributed by atoms with Crippen molar-refractivity contribution in [1.82, 2.24) is 13.5 Å². The molecule has 0 saturated carbocycles. The van der Waals surface area contributed by atoms with E-state index in [-0.39, 0.29) is 11.3 Å². The van der Waals surface area contributed by atoms with Crippen LogP contribution in [-0.2, 0) is 21.5 Å². The fraction of sp³-hybridized carbons (Fsp3) is 0.650. The van der Waals surface area contributed by atoms with Crippen LogP contribution < -0.4 is 0 Å². The Hall–Kier alpha value is -1.44. The molecule has 0 aromatic heterocycles. The van der Waals surface area contributed by atoms with E-state index in [2.05, 4.69) is 12.1 Å². The van der Waals surface area contributed by atoms with Gasteiger partial charge in [-0.15, -0.1) is 0 Å². The lowest BCUT2D eigenvalue weighted by Crippen LogP contribution is -2.53. The molecule has 0 radical (unpaired) electrons. The van der Waals surface area contributed by atoms with Crippen molar-refractivity contribution < 1.29 is 13.2 Å². The Balaban J connectivity index is 1.40. The molecule has 3 aliphatic heterocycles. The average Bonchev–Trinajstić information content (AvgIpc) is 3.22. The summed E-state index contributed by atoms with van der Waals surface area (Å²) >= 11 is 0. The van der Waals surface area contributed by atoms with E-state index in [0.29, 0.717) is 39.1 Å². The third-order valence-corrected chi connectivity index (χ3v) is 8.50. The molecule has 7 heteroatoms. The van der Waals surface area contributed by atoms with E-state index in [4.69, 9.17) is 0 Å². The monoisotopic (exact) mass is 391 g/mol. The summed E-state index contributed by atoms with van der Waals surface area (Å²) in [5.41, 5.74) is 1.22. The molecule has 0 N–H and O–H groups in total. The quantitative estimate of drug-likeness (QED) is 0.791. The minimum absolute atomic E-state index is 0.0692. The number of hydrogen-bond donors (Lipinski definition) is 0. The molecule has 1 aromatic carbocycles. The number of benzene rings is 1. The molecular weight excluding hydrogens is 362 g/mol. The van der Waals surface area contributed by atoms with Gasteiger partial charge in [0.25, 0.3) is 10.2 Å². The Kier molecular flexibility index (Phi) is 5.27. The fourth-order valence-electron chi connectivity index (χ4n) is 4.73. The van der Waals surface area contributed by atoms with Crippen LogP contribution >= 0.6 is 0 Å². The Morgan fingerprint density at radius 1 is 0.889 bits per heavy atom. The fourth-order valence-corrected chi connectivity index (χ4v) is 6.42. The maximum absolute atomic E-state index is 12.8. The zero-order valence-corrected chi connectivity index (χ0v) is 16.7. The van der Waals surface area contributed by atoms with Gasteiger partial charge in [-0.2, -0.15) is 17.0 Å². The van der Waals surface area contributed by atoms with Gasteiger partial charge in [0.1, 0.15) is 0 Å². The first-order valence-electron chi connectivity index (χ1n) is 10.1. The first-order chi connectivity index (χ1) is 13.0. The highest BCUT2D eigenvalue weighted by Crippen LogP contribution is 2.41. The topological polar surface area (TPSA) is 60.9 Å². The first-order valence-corrected chi connectivity index (χ1v) is 11.5. The summed E-state index contributed by atoms with van der Waals surface area (Å²) < 4.78 is 28.9. The van der Waals surface area contributed by atoms with Gasteiger partial charge >= 0.3 is 0 Å². The number of nitrogens with zero attached hydrogens (tertiary/aromatic N) is 3. The predicted octanol–water partition coefficient (Wildman–Crippen LogP) is 2.23. The van der Waals surface area contributed by atoms with Gasteiger partial charge in [0.05, 0.1) is 0 Å². The van der Waals surface area contributed by atoms with E-state index in [9.17, 15) is 13.2 Å². The summed E-state index contributed by atoms with van der Waals surface area (Å²) in [4.78, 5) is 14.4. The molecule has 0 atom stereocenters. The van der Waals surface area contributed by atoms with Crippen LogP contribution in [0.1, 0.15) is 44.1 Å². The SMILES string of the molecule is O=C1CCC2(CCN(S(=O)(=O)N3CCCC3)CC2)CN1Cc1ccccc1. The highest BCUT2D eigenvalue weighted by atomic mass is 32.2. The number of hydrogen-bond acceptors (Lipinski definition) is 3. The van der Waals surface area contributed by atoms with Crippen LogP contribution in [-0.4, -0.2) is 60.6 Å². The van der Waals surface area contributed by atoms with Gasteiger partial charge in [0, 0.05) is 45.7 Å². The van der Waals surface area contributed by atoms with Gasteiger partial charge in [0.15, 0.2) is 0 Å². The minimum Gasteiger partial charge on any atom is -0.338 e. The van der Waals surface area contributed by atoms with E-state index in [1.807, 2.05) is 23.1 Å². The third kappa shape index (κ3) is 3.91. The van der Waals surface area contributed by atoms with Crippen molar-refractivity contribution in [3.05, 3.63) is 35.9 Å². The van der Waals surface area contributed by atoms with Gasteiger partial charge in [-0.25, -0.2) is 0 Å². The van der Waals surface area contributed by atoms with Gasteiger partial charge < -0.3 is 4.90 Å². The molecule has 1 aromatic rings.